The van der Waals surface area contributed by atoms with Crippen LogP contribution < -0.4 is 16.0 Å². The Hall–Kier alpha value is -2.54. The lowest BCUT2D eigenvalue weighted by molar-refractivity contribution is 0.0943. The molecule has 0 spiro atoms. The molecule has 3 N–H and O–H groups in total. The van der Waals surface area contributed by atoms with Gasteiger partial charge in [-0.2, -0.15) is 0 Å². The van der Waals surface area contributed by atoms with Crippen LogP contribution in [0.4, 0.5) is 5.82 Å². The summed E-state index contributed by atoms with van der Waals surface area (Å²) in [4.78, 5) is 27.5. The van der Waals surface area contributed by atoms with E-state index in [0.717, 1.165) is 48.6 Å². The Bertz CT molecular complexity index is 749. The van der Waals surface area contributed by atoms with Crippen molar-refractivity contribution in [3.05, 3.63) is 47.2 Å². The van der Waals surface area contributed by atoms with Crippen molar-refractivity contribution in [1.29, 1.82) is 0 Å². The van der Waals surface area contributed by atoms with E-state index in [-0.39, 0.29) is 17.8 Å². The second kappa shape index (κ2) is 7.57. The number of pyridine rings is 1. The fourth-order valence-corrected chi connectivity index (χ4v) is 2.95. The molecule has 1 amide bonds. The number of hydrogen-bond donors (Lipinski definition) is 2. The van der Waals surface area contributed by atoms with E-state index < -0.39 is 0 Å². The Labute approximate surface area is 147 Å². The van der Waals surface area contributed by atoms with Crippen molar-refractivity contribution in [1.82, 2.24) is 20.3 Å². The molecule has 0 saturated carbocycles. The molecule has 132 valence electrons. The lowest BCUT2D eigenvalue weighted by atomic mass is 10.2. The third kappa shape index (κ3) is 4.11. The summed E-state index contributed by atoms with van der Waals surface area (Å²) in [6.45, 7) is 6.03. The molecule has 25 heavy (non-hydrogen) atoms. The zero-order valence-corrected chi connectivity index (χ0v) is 14.7. The smallest absolute Gasteiger partial charge is 0.289 e. The number of hydrogen-bond acceptors (Lipinski definition) is 6. The first-order valence-corrected chi connectivity index (χ1v) is 8.57. The molecule has 1 fully saturated rings. The summed E-state index contributed by atoms with van der Waals surface area (Å²) in [5, 5.41) is 2.89. The van der Waals surface area contributed by atoms with E-state index in [1.807, 2.05) is 26.0 Å². The maximum atomic E-state index is 12.4. The van der Waals surface area contributed by atoms with Gasteiger partial charge in [0.2, 0.25) is 5.82 Å². The van der Waals surface area contributed by atoms with Crippen LogP contribution >= 0.6 is 0 Å². The molecule has 1 saturated heterocycles. The minimum absolute atomic E-state index is 0.159. The molecule has 0 unspecified atom stereocenters. The van der Waals surface area contributed by atoms with Gasteiger partial charge in [0, 0.05) is 49.3 Å². The Morgan fingerprint density at radius 3 is 2.92 bits per heavy atom. The number of anilines is 1. The fraction of sp³-hybridized carbons (Fsp3) is 0.444. The van der Waals surface area contributed by atoms with E-state index in [0.29, 0.717) is 6.54 Å². The van der Waals surface area contributed by atoms with Crippen LogP contribution in [0.2, 0.25) is 0 Å². The van der Waals surface area contributed by atoms with Crippen molar-refractivity contribution < 1.29 is 4.79 Å². The largest absolute Gasteiger partial charge is 0.355 e. The van der Waals surface area contributed by atoms with Gasteiger partial charge in [-0.15, -0.1) is 0 Å². The van der Waals surface area contributed by atoms with E-state index >= 15 is 0 Å². The van der Waals surface area contributed by atoms with E-state index in [9.17, 15) is 4.79 Å². The van der Waals surface area contributed by atoms with Crippen molar-refractivity contribution in [3.63, 3.8) is 0 Å². The van der Waals surface area contributed by atoms with Gasteiger partial charge in [0.25, 0.3) is 5.91 Å². The summed E-state index contributed by atoms with van der Waals surface area (Å²) in [7, 11) is 0. The number of nitrogens with one attached hydrogen (secondary N) is 1. The number of nitrogens with two attached hydrogens (primary N) is 1. The summed E-state index contributed by atoms with van der Waals surface area (Å²) in [6, 6.07) is 4.03. The molecule has 7 nitrogen and oxygen atoms in total. The molecule has 0 radical (unpaired) electrons. The minimum Gasteiger partial charge on any atom is -0.355 e. The number of aromatic nitrogens is 3. The Morgan fingerprint density at radius 2 is 2.24 bits per heavy atom. The predicted octanol–water partition coefficient (Wildman–Crippen LogP) is 0.998. The van der Waals surface area contributed by atoms with Crippen molar-refractivity contribution in [2.45, 2.75) is 32.7 Å². The molecule has 0 aliphatic carbocycles. The predicted molar refractivity (Wildman–Crippen MR) is 96.6 cm³/mol. The summed E-state index contributed by atoms with van der Waals surface area (Å²) < 4.78 is 0. The number of aryl methyl sites for hydroxylation is 1. The third-order valence-electron chi connectivity index (χ3n) is 4.51. The van der Waals surface area contributed by atoms with Gasteiger partial charge in [0.15, 0.2) is 0 Å². The van der Waals surface area contributed by atoms with Gasteiger partial charge in [-0.05, 0) is 38.3 Å². The molecule has 1 atom stereocenters. The highest BCUT2D eigenvalue weighted by Gasteiger charge is 2.24. The van der Waals surface area contributed by atoms with Gasteiger partial charge in [-0.25, -0.2) is 9.97 Å². The third-order valence-corrected chi connectivity index (χ3v) is 4.51. The van der Waals surface area contributed by atoms with Crippen LogP contribution in [0.5, 0.6) is 0 Å². The molecular weight excluding hydrogens is 316 g/mol. The lowest BCUT2D eigenvalue weighted by Gasteiger charge is -2.20. The van der Waals surface area contributed by atoms with Gasteiger partial charge >= 0.3 is 0 Å². The number of carbonyl (C=O) groups excluding carboxylic acids is 1. The first-order chi connectivity index (χ1) is 12.0. The fourth-order valence-electron chi connectivity index (χ4n) is 2.95. The summed E-state index contributed by atoms with van der Waals surface area (Å²) >= 11 is 0. The van der Waals surface area contributed by atoms with Gasteiger partial charge in [-0.1, -0.05) is 6.07 Å². The highest BCUT2D eigenvalue weighted by molar-refractivity contribution is 5.91. The van der Waals surface area contributed by atoms with Gasteiger partial charge < -0.3 is 16.0 Å². The summed E-state index contributed by atoms with van der Waals surface area (Å²) in [5.41, 5.74) is 8.90. The van der Waals surface area contributed by atoms with Crippen molar-refractivity contribution in [3.8, 4) is 0 Å². The highest BCUT2D eigenvalue weighted by Crippen LogP contribution is 2.23. The van der Waals surface area contributed by atoms with Gasteiger partial charge in [-0.3, -0.25) is 9.78 Å². The van der Waals surface area contributed by atoms with Crippen molar-refractivity contribution in [2.24, 2.45) is 5.73 Å². The van der Waals surface area contributed by atoms with Gasteiger partial charge in [0.05, 0.1) is 0 Å². The molecule has 0 aromatic carbocycles. The second-order valence-corrected chi connectivity index (χ2v) is 6.44. The van der Waals surface area contributed by atoms with E-state index in [4.69, 9.17) is 5.73 Å². The normalized spacial score (nSPS) is 16.9. The molecule has 7 heteroatoms. The number of carbonyl (C=O) groups is 1. The van der Waals surface area contributed by atoms with E-state index in [1.54, 1.807) is 12.4 Å². The zero-order chi connectivity index (χ0) is 17.8. The molecule has 3 rings (SSSR count). The Balaban J connectivity index is 1.68. The highest BCUT2D eigenvalue weighted by atomic mass is 16.2. The van der Waals surface area contributed by atoms with Crippen molar-refractivity contribution in [2.75, 3.05) is 24.5 Å². The Kier molecular flexibility index (Phi) is 5.23. The van der Waals surface area contributed by atoms with Crippen LogP contribution in [0.1, 0.15) is 33.9 Å². The minimum atomic E-state index is -0.253. The van der Waals surface area contributed by atoms with E-state index in [1.165, 1.54) is 0 Å². The average Bonchev–Trinajstić information content (AvgIpc) is 3.04. The SMILES string of the molecule is Cc1nc(C(=O)NCCc2cccnc2)nc(N2CC[C@@H](N)C2)c1C. The molecule has 2 aromatic rings. The van der Waals surface area contributed by atoms with Crippen LogP contribution in [-0.4, -0.2) is 46.5 Å². The summed E-state index contributed by atoms with van der Waals surface area (Å²) in [6.07, 6.45) is 5.19. The van der Waals surface area contributed by atoms with Crippen LogP contribution in [0, 0.1) is 13.8 Å². The molecule has 1 aliphatic rings. The molecule has 1 aliphatic heterocycles. The van der Waals surface area contributed by atoms with Crippen LogP contribution in [0.15, 0.2) is 24.5 Å². The quantitative estimate of drug-likeness (QED) is 0.843. The molecule has 2 aromatic heterocycles. The maximum Gasteiger partial charge on any atom is 0.289 e. The maximum absolute atomic E-state index is 12.4. The molecule has 0 bridgehead atoms. The number of amides is 1. The topological polar surface area (TPSA) is 97.0 Å². The first-order valence-electron chi connectivity index (χ1n) is 8.57. The average molecular weight is 340 g/mol. The van der Waals surface area contributed by atoms with Crippen LogP contribution in [0.25, 0.3) is 0 Å². The van der Waals surface area contributed by atoms with Crippen molar-refractivity contribution >= 4 is 11.7 Å². The first kappa shape index (κ1) is 17.3. The number of rotatable bonds is 5. The standard InChI is InChI=1S/C18H24N6O/c1-12-13(2)22-16(23-17(12)24-9-6-15(19)11-24)18(25)21-8-5-14-4-3-7-20-10-14/h3-4,7,10,15H,5-6,8-9,11,19H2,1-2H3,(H,21,25)/t15-/m1/s1. The molecule has 3 heterocycles. The number of nitrogens with zero attached hydrogens (tertiary/aromatic N) is 4. The second-order valence-electron chi connectivity index (χ2n) is 6.44. The molecular formula is C18H24N6O. The summed E-state index contributed by atoms with van der Waals surface area (Å²) in [5.74, 6) is 0.777. The van der Waals surface area contributed by atoms with E-state index in [2.05, 4.69) is 25.2 Å². The zero-order valence-electron chi connectivity index (χ0n) is 14.7. The lowest BCUT2D eigenvalue weighted by Crippen LogP contribution is -2.31. The van der Waals surface area contributed by atoms with Crippen LogP contribution in [-0.2, 0) is 6.42 Å². The monoisotopic (exact) mass is 340 g/mol. The van der Waals surface area contributed by atoms with Crippen LogP contribution in [0.3, 0.4) is 0 Å². The van der Waals surface area contributed by atoms with Gasteiger partial charge in [0.1, 0.15) is 5.82 Å². The Morgan fingerprint density at radius 1 is 1.40 bits per heavy atom.